The van der Waals surface area contributed by atoms with E-state index in [1.54, 1.807) is 7.11 Å². The van der Waals surface area contributed by atoms with Crippen molar-refractivity contribution in [3.05, 3.63) is 29.8 Å². The molecule has 3 nitrogen and oxygen atoms in total. The highest BCUT2D eigenvalue weighted by Crippen LogP contribution is 2.28. The number of benzene rings is 1. The predicted octanol–water partition coefficient (Wildman–Crippen LogP) is 1.30. The summed E-state index contributed by atoms with van der Waals surface area (Å²) >= 11 is 0. The Morgan fingerprint density at radius 3 is 2.47 bits per heavy atom. The van der Waals surface area contributed by atoms with Crippen LogP contribution in [-0.2, 0) is 5.60 Å². The van der Waals surface area contributed by atoms with Crippen molar-refractivity contribution in [1.82, 2.24) is 5.32 Å². The summed E-state index contributed by atoms with van der Waals surface area (Å²) in [4.78, 5) is 0. The third kappa shape index (κ3) is 2.43. The van der Waals surface area contributed by atoms with E-state index < -0.39 is 5.60 Å². The fourth-order valence-electron chi connectivity index (χ4n) is 1.83. The van der Waals surface area contributed by atoms with Crippen molar-refractivity contribution in [2.24, 2.45) is 0 Å². The fourth-order valence-corrected chi connectivity index (χ4v) is 1.83. The molecule has 0 aromatic heterocycles. The molecule has 0 radical (unpaired) electrons. The van der Waals surface area contributed by atoms with Gasteiger partial charge in [0.15, 0.2) is 0 Å². The molecule has 0 amide bonds. The molecule has 1 heterocycles. The number of hydrogen-bond acceptors (Lipinski definition) is 3. The summed E-state index contributed by atoms with van der Waals surface area (Å²) in [7, 11) is 1.64. The van der Waals surface area contributed by atoms with Gasteiger partial charge in [-0.1, -0.05) is 12.1 Å². The Kier molecular flexibility index (Phi) is 3.97. The molecule has 1 aromatic carbocycles. The van der Waals surface area contributed by atoms with Gasteiger partial charge in [0.1, 0.15) is 11.4 Å². The maximum absolute atomic E-state index is 10.2. The maximum atomic E-state index is 10.2. The lowest BCUT2D eigenvalue weighted by atomic mass is 9.93. The Balaban J connectivity index is 0.00000112. The number of β-amino-alcohol motifs (C(OH)–C–C–N with tert-alkyl or cyclic N) is 1. The maximum Gasteiger partial charge on any atom is 0.118 e. The van der Waals surface area contributed by atoms with Gasteiger partial charge in [0.25, 0.3) is 0 Å². The molecule has 0 saturated carbocycles. The molecule has 1 unspecified atom stereocenters. The molecule has 1 fully saturated rings. The zero-order chi connectivity index (χ0) is 10.0. The minimum atomic E-state index is -0.688. The number of methoxy groups -OCH3 is 1. The van der Waals surface area contributed by atoms with Gasteiger partial charge in [-0.15, -0.1) is 12.4 Å². The van der Waals surface area contributed by atoms with Crippen LogP contribution in [0.5, 0.6) is 5.75 Å². The highest BCUT2D eigenvalue weighted by Gasteiger charge is 2.32. The van der Waals surface area contributed by atoms with Crippen molar-refractivity contribution in [3.8, 4) is 5.75 Å². The van der Waals surface area contributed by atoms with E-state index in [1.807, 2.05) is 24.3 Å². The molecule has 0 spiro atoms. The monoisotopic (exact) mass is 229 g/mol. The van der Waals surface area contributed by atoms with E-state index in [4.69, 9.17) is 4.74 Å². The van der Waals surface area contributed by atoms with Crippen molar-refractivity contribution in [2.75, 3.05) is 20.2 Å². The summed E-state index contributed by atoms with van der Waals surface area (Å²) < 4.78 is 5.07. The first-order valence-corrected chi connectivity index (χ1v) is 4.82. The van der Waals surface area contributed by atoms with E-state index in [0.717, 1.165) is 24.3 Å². The molecular weight excluding hydrogens is 214 g/mol. The Bertz CT molecular complexity index is 307. The van der Waals surface area contributed by atoms with Gasteiger partial charge in [0.2, 0.25) is 0 Å². The zero-order valence-corrected chi connectivity index (χ0v) is 9.51. The predicted molar refractivity (Wildman–Crippen MR) is 61.6 cm³/mol. The highest BCUT2D eigenvalue weighted by atomic mass is 35.5. The summed E-state index contributed by atoms with van der Waals surface area (Å²) in [5.41, 5.74) is 0.273. The quantitative estimate of drug-likeness (QED) is 0.803. The van der Waals surface area contributed by atoms with Crippen LogP contribution in [0.2, 0.25) is 0 Å². The van der Waals surface area contributed by atoms with Crippen LogP contribution in [0.1, 0.15) is 12.0 Å². The van der Waals surface area contributed by atoms with Crippen LogP contribution in [0.3, 0.4) is 0 Å². The molecule has 0 bridgehead atoms. The van der Waals surface area contributed by atoms with E-state index in [9.17, 15) is 5.11 Å². The van der Waals surface area contributed by atoms with Crippen LogP contribution in [0.15, 0.2) is 24.3 Å². The molecule has 84 valence electrons. The number of hydrogen-bond donors (Lipinski definition) is 2. The molecular formula is C11H16ClNO2. The normalized spacial score (nSPS) is 24.7. The molecule has 1 atom stereocenters. The van der Waals surface area contributed by atoms with Gasteiger partial charge < -0.3 is 15.2 Å². The number of nitrogens with one attached hydrogen (secondary N) is 1. The van der Waals surface area contributed by atoms with Crippen molar-refractivity contribution < 1.29 is 9.84 Å². The van der Waals surface area contributed by atoms with Crippen LogP contribution in [0.25, 0.3) is 0 Å². The van der Waals surface area contributed by atoms with Gasteiger partial charge in [0, 0.05) is 6.54 Å². The molecule has 0 aliphatic carbocycles. The Hall–Kier alpha value is -0.770. The van der Waals surface area contributed by atoms with Crippen molar-refractivity contribution in [1.29, 1.82) is 0 Å². The molecule has 1 aliphatic rings. The lowest BCUT2D eigenvalue weighted by Crippen LogP contribution is -2.28. The second-order valence-electron chi connectivity index (χ2n) is 3.69. The lowest BCUT2D eigenvalue weighted by molar-refractivity contribution is 0.0587. The van der Waals surface area contributed by atoms with Gasteiger partial charge >= 0.3 is 0 Å². The SMILES string of the molecule is COc1ccc(C2(O)CCNC2)cc1.Cl. The van der Waals surface area contributed by atoms with E-state index in [2.05, 4.69) is 5.32 Å². The van der Waals surface area contributed by atoms with Crippen molar-refractivity contribution in [3.63, 3.8) is 0 Å². The van der Waals surface area contributed by atoms with Crippen LogP contribution >= 0.6 is 12.4 Å². The summed E-state index contributed by atoms with van der Waals surface area (Å²) in [6.45, 7) is 1.52. The molecule has 4 heteroatoms. The first-order valence-electron chi connectivity index (χ1n) is 4.82. The Morgan fingerprint density at radius 2 is 2.00 bits per heavy atom. The Morgan fingerprint density at radius 1 is 1.33 bits per heavy atom. The topological polar surface area (TPSA) is 41.5 Å². The van der Waals surface area contributed by atoms with Crippen LogP contribution in [-0.4, -0.2) is 25.3 Å². The summed E-state index contributed by atoms with van der Waals surface area (Å²) in [6.07, 6.45) is 0.777. The third-order valence-corrected chi connectivity index (χ3v) is 2.76. The fraction of sp³-hybridized carbons (Fsp3) is 0.455. The molecule has 15 heavy (non-hydrogen) atoms. The van der Waals surface area contributed by atoms with E-state index in [-0.39, 0.29) is 12.4 Å². The van der Waals surface area contributed by atoms with Crippen LogP contribution < -0.4 is 10.1 Å². The molecule has 1 aromatic rings. The average molecular weight is 230 g/mol. The number of ether oxygens (including phenoxy) is 1. The summed E-state index contributed by atoms with van der Waals surface area (Å²) in [5.74, 6) is 0.823. The second-order valence-corrected chi connectivity index (χ2v) is 3.69. The second kappa shape index (κ2) is 4.84. The van der Waals surface area contributed by atoms with Crippen molar-refractivity contribution >= 4 is 12.4 Å². The minimum Gasteiger partial charge on any atom is -0.497 e. The standard InChI is InChI=1S/C11H15NO2.ClH/c1-14-10-4-2-9(3-5-10)11(13)6-7-12-8-11;/h2-5,12-13H,6-8H2,1H3;1H. The smallest absolute Gasteiger partial charge is 0.118 e. The summed E-state index contributed by atoms with van der Waals surface area (Å²) in [5, 5.41) is 13.4. The zero-order valence-electron chi connectivity index (χ0n) is 8.69. The van der Waals surface area contributed by atoms with E-state index in [0.29, 0.717) is 6.54 Å². The number of aliphatic hydroxyl groups is 1. The molecule has 2 rings (SSSR count). The van der Waals surface area contributed by atoms with E-state index in [1.165, 1.54) is 0 Å². The van der Waals surface area contributed by atoms with Gasteiger partial charge in [-0.3, -0.25) is 0 Å². The summed E-state index contributed by atoms with van der Waals surface area (Å²) in [6, 6.07) is 7.61. The number of rotatable bonds is 2. The minimum absolute atomic E-state index is 0. The van der Waals surface area contributed by atoms with Crippen LogP contribution in [0.4, 0.5) is 0 Å². The molecule has 2 N–H and O–H groups in total. The number of halogens is 1. The van der Waals surface area contributed by atoms with Gasteiger partial charge in [-0.25, -0.2) is 0 Å². The van der Waals surface area contributed by atoms with Gasteiger partial charge in [0.05, 0.1) is 7.11 Å². The molecule has 1 saturated heterocycles. The Labute approximate surface area is 95.9 Å². The third-order valence-electron chi connectivity index (χ3n) is 2.76. The first-order chi connectivity index (χ1) is 6.74. The largest absolute Gasteiger partial charge is 0.497 e. The molecule has 1 aliphatic heterocycles. The van der Waals surface area contributed by atoms with Gasteiger partial charge in [-0.2, -0.15) is 0 Å². The van der Waals surface area contributed by atoms with Gasteiger partial charge in [-0.05, 0) is 30.7 Å². The highest BCUT2D eigenvalue weighted by molar-refractivity contribution is 5.85. The average Bonchev–Trinajstić information content (AvgIpc) is 2.67. The first kappa shape index (κ1) is 12.3. The van der Waals surface area contributed by atoms with Crippen molar-refractivity contribution in [2.45, 2.75) is 12.0 Å². The van der Waals surface area contributed by atoms with Crippen LogP contribution in [0, 0.1) is 0 Å². The van der Waals surface area contributed by atoms with E-state index >= 15 is 0 Å². The lowest BCUT2D eigenvalue weighted by Gasteiger charge is -2.21.